The molecule has 3 aromatic heterocycles. The molecule has 8 nitrogen and oxygen atoms in total. The van der Waals surface area contributed by atoms with E-state index in [1.165, 1.54) is 19.5 Å². The average Bonchev–Trinajstić information content (AvgIpc) is 3.07. The molecule has 2 N–H and O–H groups in total. The third-order valence-corrected chi connectivity index (χ3v) is 3.62. The topological polar surface area (TPSA) is 106 Å². The number of nitrogens with one attached hydrogen (secondary N) is 1. The fourth-order valence-electron chi connectivity index (χ4n) is 2.36. The normalized spacial score (nSPS) is 11.0. The van der Waals surface area contributed by atoms with Gasteiger partial charge in [-0.25, -0.2) is 4.98 Å². The first-order chi connectivity index (χ1) is 12.2. The van der Waals surface area contributed by atoms with Crippen molar-refractivity contribution in [3.63, 3.8) is 0 Å². The number of H-pyrrole nitrogens is 1. The second kappa shape index (κ2) is 7.43. The van der Waals surface area contributed by atoms with Gasteiger partial charge in [0.1, 0.15) is 12.4 Å². The van der Waals surface area contributed by atoms with Crippen molar-refractivity contribution in [2.24, 2.45) is 5.16 Å². The molecular weight excluding hydrogens is 322 g/mol. The molecule has 0 aliphatic heterocycles. The number of methoxy groups -OCH3 is 1. The second-order valence-electron chi connectivity index (χ2n) is 5.24. The van der Waals surface area contributed by atoms with Crippen LogP contribution in [0, 0.1) is 6.92 Å². The number of rotatable bonds is 6. The summed E-state index contributed by atoms with van der Waals surface area (Å²) in [6.07, 6.45) is 6.26. The molecule has 0 saturated heterocycles. The number of aromatic nitrogens is 4. The van der Waals surface area contributed by atoms with Crippen LogP contribution in [0.2, 0.25) is 0 Å². The van der Waals surface area contributed by atoms with E-state index in [0.29, 0.717) is 17.2 Å². The number of oxime groups is 1. The molecule has 0 aliphatic carbocycles. The molecule has 3 rings (SSSR count). The zero-order chi connectivity index (χ0) is 17.6. The lowest BCUT2D eigenvalue weighted by Crippen LogP contribution is -2.03. The number of hydrogen-bond donors (Lipinski definition) is 2. The van der Waals surface area contributed by atoms with Gasteiger partial charge in [-0.05, 0) is 18.6 Å². The smallest absolute Gasteiger partial charge is 0.213 e. The molecule has 0 fully saturated rings. The van der Waals surface area contributed by atoms with Gasteiger partial charge in [0, 0.05) is 23.4 Å². The Balaban J connectivity index is 1.87. The van der Waals surface area contributed by atoms with E-state index in [2.05, 4.69) is 25.3 Å². The van der Waals surface area contributed by atoms with E-state index in [4.69, 9.17) is 14.7 Å². The fraction of sp³-hybridized carbons (Fsp3) is 0.176. The molecule has 0 saturated carbocycles. The molecular formula is C17H17N5O3. The summed E-state index contributed by atoms with van der Waals surface area (Å²) in [6, 6.07) is 5.40. The van der Waals surface area contributed by atoms with E-state index in [1.54, 1.807) is 18.5 Å². The van der Waals surface area contributed by atoms with Gasteiger partial charge in [-0.3, -0.25) is 10.1 Å². The number of pyridine rings is 2. The summed E-state index contributed by atoms with van der Waals surface area (Å²) in [5, 5.41) is 18.9. The van der Waals surface area contributed by atoms with Crippen molar-refractivity contribution in [2.75, 3.05) is 7.11 Å². The molecule has 25 heavy (non-hydrogen) atoms. The van der Waals surface area contributed by atoms with E-state index in [-0.39, 0.29) is 6.61 Å². The minimum absolute atomic E-state index is 0.266. The average molecular weight is 339 g/mol. The van der Waals surface area contributed by atoms with Crippen molar-refractivity contribution in [2.45, 2.75) is 13.5 Å². The van der Waals surface area contributed by atoms with Crippen molar-refractivity contribution in [1.82, 2.24) is 20.2 Å². The first kappa shape index (κ1) is 16.4. The van der Waals surface area contributed by atoms with Crippen LogP contribution in [0.15, 0.2) is 41.9 Å². The predicted octanol–water partition coefficient (Wildman–Crippen LogP) is 2.57. The van der Waals surface area contributed by atoms with Gasteiger partial charge in [-0.15, -0.1) is 0 Å². The minimum atomic E-state index is 0.266. The Bertz CT molecular complexity index is 891. The highest BCUT2D eigenvalue weighted by Crippen LogP contribution is 2.25. The van der Waals surface area contributed by atoms with Gasteiger partial charge >= 0.3 is 0 Å². The number of ether oxygens (including phenoxy) is 2. The highest BCUT2D eigenvalue weighted by Gasteiger charge is 2.12. The molecule has 0 atom stereocenters. The summed E-state index contributed by atoms with van der Waals surface area (Å²) >= 11 is 0. The Morgan fingerprint density at radius 2 is 2.20 bits per heavy atom. The Hall–Kier alpha value is -3.42. The highest BCUT2D eigenvalue weighted by molar-refractivity contribution is 5.83. The standard InChI is InChI=1S/C17H17N5O3/c1-11-7-20-22-16(11)17-12(4-3-5-18-17)10-25-14-9-19-15(24-2)6-13(14)8-21-23/h3-9,23H,10H2,1-2H3,(H,20,22)/b21-8+. The van der Waals surface area contributed by atoms with Gasteiger partial charge in [-0.2, -0.15) is 5.10 Å². The molecule has 128 valence electrons. The van der Waals surface area contributed by atoms with E-state index in [0.717, 1.165) is 22.5 Å². The maximum Gasteiger partial charge on any atom is 0.213 e. The van der Waals surface area contributed by atoms with Crippen LogP contribution >= 0.6 is 0 Å². The van der Waals surface area contributed by atoms with E-state index in [9.17, 15) is 0 Å². The van der Waals surface area contributed by atoms with Crippen molar-refractivity contribution in [3.05, 3.63) is 53.5 Å². The van der Waals surface area contributed by atoms with Crippen LogP contribution in [0.5, 0.6) is 11.6 Å². The second-order valence-corrected chi connectivity index (χ2v) is 5.24. The summed E-state index contributed by atoms with van der Waals surface area (Å²) in [5.41, 5.74) is 4.06. The lowest BCUT2D eigenvalue weighted by molar-refractivity contribution is 0.301. The van der Waals surface area contributed by atoms with Crippen LogP contribution in [0.1, 0.15) is 16.7 Å². The molecule has 0 aromatic carbocycles. The summed E-state index contributed by atoms with van der Waals surface area (Å²) < 4.78 is 10.9. The Kier molecular flexibility index (Phi) is 4.89. The summed E-state index contributed by atoms with van der Waals surface area (Å²) in [6.45, 7) is 2.23. The molecule has 0 unspecified atom stereocenters. The minimum Gasteiger partial charge on any atom is -0.487 e. The van der Waals surface area contributed by atoms with Crippen LogP contribution in [0.25, 0.3) is 11.4 Å². The lowest BCUT2D eigenvalue weighted by atomic mass is 10.1. The third-order valence-electron chi connectivity index (χ3n) is 3.62. The maximum absolute atomic E-state index is 8.82. The Morgan fingerprint density at radius 1 is 1.32 bits per heavy atom. The van der Waals surface area contributed by atoms with Crippen molar-refractivity contribution >= 4 is 6.21 Å². The maximum atomic E-state index is 8.82. The number of nitrogens with zero attached hydrogens (tertiary/aromatic N) is 4. The van der Waals surface area contributed by atoms with Crippen LogP contribution in [0.3, 0.4) is 0 Å². The first-order valence-corrected chi connectivity index (χ1v) is 7.51. The first-order valence-electron chi connectivity index (χ1n) is 7.51. The quantitative estimate of drug-likeness (QED) is 0.406. The van der Waals surface area contributed by atoms with Gasteiger partial charge in [0.15, 0.2) is 0 Å². The van der Waals surface area contributed by atoms with Gasteiger partial charge in [0.25, 0.3) is 0 Å². The zero-order valence-electron chi connectivity index (χ0n) is 13.8. The van der Waals surface area contributed by atoms with E-state index < -0.39 is 0 Å². The molecule has 3 aromatic rings. The van der Waals surface area contributed by atoms with Crippen molar-refractivity contribution in [1.29, 1.82) is 0 Å². The lowest BCUT2D eigenvalue weighted by Gasteiger charge is -2.12. The summed E-state index contributed by atoms with van der Waals surface area (Å²) in [4.78, 5) is 8.54. The summed E-state index contributed by atoms with van der Waals surface area (Å²) in [7, 11) is 1.51. The SMILES string of the molecule is COc1cc(/C=N/O)c(OCc2cccnc2-c2[nH]ncc2C)cn1. The molecule has 0 aliphatic rings. The van der Waals surface area contributed by atoms with E-state index >= 15 is 0 Å². The predicted molar refractivity (Wildman–Crippen MR) is 91.1 cm³/mol. The van der Waals surface area contributed by atoms with Crippen molar-refractivity contribution < 1.29 is 14.7 Å². The number of hydrogen-bond acceptors (Lipinski definition) is 7. The van der Waals surface area contributed by atoms with Crippen LogP contribution in [-0.2, 0) is 6.61 Å². The Morgan fingerprint density at radius 3 is 2.92 bits per heavy atom. The Labute approximate surface area is 144 Å². The molecule has 0 bridgehead atoms. The largest absolute Gasteiger partial charge is 0.487 e. The van der Waals surface area contributed by atoms with Crippen LogP contribution < -0.4 is 9.47 Å². The van der Waals surface area contributed by atoms with Gasteiger partial charge in [0.05, 0.1) is 37.1 Å². The van der Waals surface area contributed by atoms with Gasteiger partial charge in [-0.1, -0.05) is 11.2 Å². The zero-order valence-corrected chi connectivity index (χ0v) is 13.8. The highest BCUT2D eigenvalue weighted by atomic mass is 16.5. The molecule has 0 radical (unpaired) electrons. The molecule has 3 heterocycles. The number of aryl methyl sites for hydroxylation is 1. The number of aromatic amines is 1. The molecule has 8 heteroatoms. The van der Waals surface area contributed by atoms with Crippen molar-refractivity contribution in [3.8, 4) is 23.0 Å². The molecule has 0 amide bonds. The monoisotopic (exact) mass is 339 g/mol. The third kappa shape index (κ3) is 3.57. The van der Waals surface area contributed by atoms with E-state index in [1.807, 2.05) is 19.1 Å². The van der Waals surface area contributed by atoms with Gasteiger partial charge in [0.2, 0.25) is 5.88 Å². The molecule has 0 spiro atoms. The van der Waals surface area contributed by atoms with Crippen LogP contribution in [-0.4, -0.2) is 38.7 Å². The summed E-state index contributed by atoms with van der Waals surface area (Å²) in [5.74, 6) is 0.868. The van der Waals surface area contributed by atoms with Gasteiger partial charge < -0.3 is 14.7 Å². The fourth-order valence-corrected chi connectivity index (χ4v) is 2.36. The van der Waals surface area contributed by atoms with Crippen LogP contribution in [0.4, 0.5) is 0 Å².